The highest BCUT2D eigenvalue weighted by molar-refractivity contribution is 5.96. The molecule has 1 N–H and O–H groups in total. The first-order chi connectivity index (χ1) is 13.4. The normalized spacial score (nSPS) is 12.0. The molecule has 0 saturated heterocycles. The van der Waals surface area contributed by atoms with E-state index in [0.717, 1.165) is 5.56 Å². The second kappa shape index (κ2) is 8.08. The number of ether oxygens (including phenoxy) is 1. The molecule has 1 atom stereocenters. The summed E-state index contributed by atoms with van der Waals surface area (Å²) in [6, 6.07) is 11.0. The van der Waals surface area contributed by atoms with E-state index in [0.29, 0.717) is 17.5 Å². The summed E-state index contributed by atoms with van der Waals surface area (Å²) < 4.78 is 12.5. The minimum absolute atomic E-state index is 0.0470. The Hall–Kier alpha value is -3.42. The van der Waals surface area contributed by atoms with Crippen LogP contribution in [0, 0.1) is 6.92 Å². The van der Waals surface area contributed by atoms with Gasteiger partial charge in [-0.15, -0.1) is 0 Å². The average Bonchev–Trinajstić information content (AvgIpc) is 3.29. The summed E-state index contributed by atoms with van der Waals surface area (Å²) in [5.41, 5.74) is 0.795. The Balaban J connectivity index is 1.68. The number of hydrogen-bond donors (Lipinski definition) is 1. The summed E-state index contributed by atoms with van der Waals surface area (Å²) in [6.07, 6.45) is 0.579. The van der Waals surface area contributed by atoms with Crippen LogP contribution in [-0.2, 0) is 9.53 Å². The molecule has 3 rings (SSSR count). The maximum absolute atomic E-state index is 12.5. The number of nitrogens with zero attached hydrogens (tertiary/aromatic N) is 3. The minimum Gasteiger partial charge on any atom is -0.448 e. The summed E-state index contributed by atoms with van der Waals surface area (Å²) >= 11 is 0. The highest BCUT2D eigenvalue weighted by Gasteiger charge is 2.25. The number of amides is 1. The van der Waals surface area contributed by atoms with Crippen molar-refractivity contribution < 1.29 is 18.7 Å². The van der Waals surface area contributed by atoms with Gasteiger partial charge in [-0.25, -0.2) is 14.5 Å². The van der Waals surface area contributed by atoms with Gasteiger partial charge in [0.15, 0.2) is 11.8 Å². The lowest BCUT2D eigenvalue weighted by Gasteiger charge is -2.15. The molecule has 0 spiro atoms. The highest BCUT2D eigenvalue weighted by Crippen LogP contribution is 2.22. The van der Waals surface area contributed by atoms with Gasteiger partial charge in [-0.05, 0) is 39.8 Å². The van der Waals surface area contributed by atoms with E-state index in [1.54, 1.807) is 23.9 Å². The smallest absolute Gasteiger partial charge is 0.361 e. The van der Waals surface area contributed by atoms with Crippen LogP contribution in [0.4, 0.5) is 5.82 Å². The molecule has 1 amide bonds. The Bertz CT molecular complexity index is 975. The van der Waals surface area contributed by atoms with E-state index in [-0.39, 0.29) is 11.7 Å². The van der Waals surface area contributed by atoms with Gasteiger partial charge >= 0.3 is 5.97 Å². The monoisotopic (exact) mass is 382 g/mol. The van der Waals surface area contributed by atoms with Crippen LogP contribution in [0.2, 0.25) is 0 Å². The van der Waals surface area contributed by atoms with E-state index in [9.17, 15) is 9.59 Å². The van der Waals surface area contributed by atoms with Gasteiger partial charge in [0.25, 0.3) is 5.91 Å². The van der Waals surface area contributed by atoms with Gasteiger partial charge in [-0.3, -0.25) is 4.79 Å². The van der Waals surface area contributed by atoms with Gasteiger partial charge in [0.1, 0.15) is 11.6 Å². The summed E-state index contributed by atoms with van der Waals surface area (Å²) in [5, 5.41) is 6.87. The number of carbonyl (C=O) groups excluding carboxylic acids is 2. The predicted molar refractivity (Wildman–Crippen MR) is 103 cm³/mol. The van der Waals surface area contributed by atoms with Gasteiger partial charge in [-0.2, -0.15) is 5.10 Å². The third kappa shape index (κ3) is 4.11. The lowest BCUT2D eigenvalue weighted by atomic mass is 10.2. The van der Waals surface area contributed by atoms with Gasteiger partial charge in [0.2, 0.25) is 5.89 Å². The Morgan fingerprint density at radius 1 is 1.14 bits per heavy atom. The van der Waals surface area contributed by atoms with E-state index in [1.807, 2.05) is 44.2 Å². The maximum Gasteiger partial charge on any atom is 0.361 e. The Morgan fingerprint density at radius 2 is 1.86 bits per heavy atom. The third-order valence-electron chi connectivity index (χ3n) is 4.07. The second-order valence-electron chi connectivity index (χ2n) is 6.58. The molecule has 8 heteroatoms. The van der Waals surface area contributed by atoms with E-state index in [1.165, 1.54) is 6.92 Å². The van der Waals surface area contributed by atoms with Crippen molar-refractivity contribution in [2.45, 2.75) is 39.8 Å². The molecular weight excluding hydrogens is 360 g/mol. The predicted octanol–water partition coefficient (Wildman–Crippen LogP) is 3.61. The average molecular weight is 382 g/mol. The van der Waals surface area contributed by atoms with Gasteiger partial charge < -0.3 is 14.5 Å². The van der Waals surface area contributed by atoms with Crippen LogP contribution >= 0.6 is 0 Å². The number of aryl methyl sites for hydroxylation is 1. The van der Waals surface area contributed by atoms with Crippen LogP contribution in [0.15, 0.2) is 47.0 Å². The zero-order valence-electron chi connectivity index (χ0n) is 16.2. The van der Waals surface area contributed by atoms with Crippen LogP contribution in [0.25, 0.3) is 11.5 Å². The lowest BCUT2D eigenvalue weighted by molar-refractivity contribution is -0.123. The molecule has 1 aromatic carbocycles. The fourth-order valence-corrected chi connectivity index (χ4v) is 2.61. The Labute approximate surface area is 162 Å². The SMILES string of the molecule is Cc1oc(-c2ccccc2)nc1C(=O)O[C@@H](C)C(=O)Nc1ccnn1C(C)C. The topological polar surface area (TPSA) is 99.2 Å². The Morgan fingerprint density at radius 3 is 2.54 bits per heavy atom. The molecule has 0 fully saturated rings. The van der Waals surface area contributed by atoms with Crippen molar-refractivity contribution in [3.63, 3.8) is 0 Å². The second-order valence-corrected chi connectivity index (χ2v) is 6.58. The van der Waals surface area contributed by atoms with Crippen LogP contribution in [0.5, 0.6) is 0 Å². The number of anilines is 1. The van der Waals surface area contributed by atoms with Crippen molar-refractivity contribution in [3.8, 4) is 11.5 Å². The lowest BCUT2D eigenvalue weighted by Crippen LogP contribution is -2.31. The Kier molecular flexibility index (Phi) is 5.58. The number of rotatable bonds is 6. The molecule has 28 heavy (non-hydrogen) atoms. The molecule has 0 aliphatic rings. The van der Waals surface area contributed by atoms with Crippen LogP contribution in [0.1, 0.15) is 43.1 Å². The van der Waals surface area contributed by atoms with E-state index >= 15 is 0 Å². The number of nitrogens with one attached hydrogen (secondary N) is 1. The number of esters is 1. The number of carbonyl (C=O) groups is 2. The highest BCUT2D eigenvalue weighted by atomic mass is 16.5. The summed E-state index contributed by atoms with van der Waals surface area (Å²) in [5.74, 6) is 0.00726. The van der Waals surface area contributed by atoms with Crippen LogP contribution in [-0.4, -0.2) is 32.7 Å². The molecule has 0 radical (unpaired) electrons. The van der Waals surface area contributed by atoms with Gasteiger partial charge in [0, 0.05) is 17.7 Å². The molecule has 0 saturated carbocycles. The molecular formula is C20H22N4O4. The summed E-state index contributed by atoms with van der Waals surface area (Å²) in [6.45, 7) is 7.02. The van der Waals surface area contributed by atoms with Crippen molar-refractivity contribution in [1.29, 1.82) is 0 Å². The standard InChI is InChI=1S/C20H22N4O4/c1-12(2)24-16(10-11-21-24)22-18(25)14(4)28-20(26)17-13(3)27-19(23-17)15-8-6-5-7-9-15/h5-12,14H,1-4H3,(H,22,25)/t14-/m0/s1. The molecule has 2 aromatic heterocycles. The van der Waals surface area contributed by atoms with Crippen molar-refractivity contribution in [2.24, 2.45) is 0 Å². The minimum atomic E-state index is -1.01. The molecule has 2 heterocycles. The quantitative estimate of drug-likeness (QED) is 0.654. The van der Waals surface area contributed by atoms with E-state index in [2.05, 4.69) is 15.4 Å². The first-order valence-corrected chi connectivity index (χ1v) is 8.95. The van der Waals surface area contributed by atoms with Gasteiger partial charge in [-0.1, -0.05) is 18.2 Å². The number of benzene rings is 1. The van der Waals surface area contributed by atoms with Crippen LogP contribution < -0.4 is 5.32 Å². The van der Waals surface area contributed by atoms with Gasteiger partial charge in [0.05, 0.1) is 6.20 Å². The fourth-order valence-electron chi connectivity index (χ4n) is 2.61. The largest absolute Gasteiger partial charge is 0.448 e. The molecule has 0 unspecified atom stereocenters. The van der Waals surface area contributed by atoms with Crippen molar-refractivity contribution >= 4 is 17.7 Å². The van der Waals surface area contributed by atoms with E-state index < -0.39 is 18.0 Å². The zero-order chi connectivity index (χ0) is 20.3. The van der Waals surface area contributed by atoms with Crippen molar-refractivity contribution in [1.82, 2.24) is 14.8 Å². The molecule has 0 bridgehead atoms. The molecule has 3 aromatic rings. The fraction of sp³-hybridized carbons (Fsp3) is 0.300. The van der Waals surface area contributed by atoms with E-state index in [4.69, 9.17) is 9.15 Å². The number of aromatic nitrogens is 3. The molecule has 0 aliphatic carbocycles. The molecule has 8 nitrogen and oxygen atoms in total. The van der Waals surface area contributed by atoms with Crippen molar-refractivity contribution in [2.75, 3.05) is 5.32 Å². The number of hydrogen-bond acceptors (Lipinski definition) is 6. The summed E-state index contributed by atoms with van der Waals surface area (Å²) in [4.78, 5) is 29.1. The molecule has 146 valence electrons. The zero-order valence-corrected chi connectivity index (χ0v) is 16.2. The third-order valence-corrected chi connectivity index (χ3v) is 4.07. The first kappa shape index (κ1) is 19.3. The molecule has 0 aliphatic heterocycles. The first-order valence-electron chi connectivity index (χ1n) is 8.95. The summed E-state index contributed by atoms with van der Waals surface area (Å²) in [7, 11) is 0. The van der Waals surface area contributed by atoms with Crippen LogP contribution in [0.3, 0.4) is 0 Å². The maximum atomic E-state index is 12.5. The van der Waals surface area contributed by atoms with Crippen molar-refractivity contribution in [3.05, 3.63) is 54.0 Å². The number of oxazole rings is 1.